The zero-order valence-electron chi connectivity index (χ0n) is 16.7. The summed E-state index contributed by atoms with van der Waals surface area (Å²) < 4.78 is 6.36. The second kappa shape index (κ2) is 10.0. The summed E-state index contributed by atoms with van der Waals surface area (Å²) >= 11 is 1.46. The number of H-pyrrole nitrogens is 1. The summed E-state index contributed by atoms with van der Waals surface area (Å²) in [5, 5.41) is 1.89. The average molecular weight is 429 g/mol. The van der Waals surface area contributed by atoms with E-state index in [4.69, 9.17) is 10.5 Å². The van der Waals surface area contributed by atoms with E-state index in [2.05, 4.69) is 4.98 Å². The van der Waals surface area contributed by atoms with E-state index in [1.807, 2.05) is 47.8 Å². The fraction of sp³-hybridized carbons (Fsp3) is 0.286. The molecule has 0 unspecified atom stereocenters. The zero-order valence-corrected chi connectivity index (χ0v) is 17.5. The van der Waals surface area contributed by atoms with Crippen LogP contribution in [0.25, 0.3) is 0 Å². The Labute approximate surface area is 177 Å². The van der Waals surface area contributed by atoms with Crippen molar-refractivity contribution in [3.63, 3.8) is 0 Å². The van der Waals surface area contributed by atoms with Gasteiger partial charge >= 0.3 is 5.69 Å². The Balaban J connectivity index is 2.00. The molecule has 0 saturated carbocycles. The highest BCUT2D eigenvalue weighted by Crippen LogP contribution is 2.20. The average Bonchev–Trinajstić information content (AvgIpc) is 3.23. The molecule has 1 amide bonds. The van der Waals surface area contributed by atoms with Crippen molar-refractivity contribution >= 4 is 28.7 Å². The Bertz CT molecular complexity index is 1090. The number of amides is 1. The van der Waals surface area contributed by atoms with Crippen molar-refractivity contribution in [2.75, 3.05) is 30.9 Å². The van der Waals surface area contributed by atoms with Gasteiger partial charge in [-0.2, -0.15) is 0 Å². The van der Waals surface area contributed by atoms with Gasteiger partial charge in [-0.05, 0) is 23.4 Å². The maximum Gasteiger partial charge on any atom is 0.330 e. The van der Waals surface area contributed by atoms with Crippen molar-refractivity contribution in [2.45, 2.75) is 19.4 Å². The molecular formula is C21H24N4O4S. The number of aromatic amines is 1. The lowest BCUT2D eigenvalue weighted by Crippen LogP contribution is -2.42. The molecule has 0 saturated heterocycles. The predicted octanol–water partition coefficient (Wildman–Crippen LogP) is 1.84. The van der Waals surface area contributed by atoms with Crippen LogP contribution in [-0.2, 0) is 22.5 Å². The molecule has 2 heterocycles. The van der Waals surface area contributed by atoms with Crippen LogP contribution in [0.3, 0.4) is 0 Å². The summed E-state index contributed by atoms with van der Waals surface area (Å²) in [6, 6.07) is 13.0. The number of carbonyl (C=O) groups excluding carboxylic acids is 1. The lowest BCUT2D eigenvalue weighted by Gasteiger charge is -2.24. The molecule has 0 aliphatic carbocycles. The van der Waals surface area contributed by atoms with Gasteiger partial charge in [0.1, 0.15) is 5.82 Å². The molecule has 0 spiro atoms. The third-order valence-corrected chi connectivity index (χ3v) is 5.48. The summed E-state index contributed by atoms with van der Waals surface area (Å²) in [5.74, 6) is -0.305. The Morgan fingerprint density at radius 2 is 1.97 bits per heavy atom. The van der Waals surface area contributed by atoms with Crippen molar-refractivity contribution in [3.05, 3.63) is 79.1 Å². The van der Waals surface area contributed by atoms with Crippen molar-refractivity contribution < 1.29 is 9.53 Å². The van der Waals surface area contributed by atoms with Gasteiger partial charge in [-0.15, -0.1) is 11.3 Å². The molecule has 8 nitrogen and oxygen atoms in total. The summed E-state index contributed by atoms with van der Waals surface area (Å²) in [6.07, 6.45) is 0.657. The van der Waals surface area contributed by atoms with Crippen LogP contribution in [0, 0.1) is 0 Å². The van der Waals surface area contributed by atoms with E-state index in [0.29, 0.717) is 13.0 Å². The van der Waals surface area contributed by atoms with Crippen LogP contribution in [0.5, 0.6) is 0 Å². The topological polar surface area (TPSA) is 110 Å². The molecule has 9 heteroatoms. The number of nitrogens with one attached hydrogen (secondary N) is 1. The molecule has 2 aromatic heterocycles. The first-order chi connectivity index (χ1) is 14.5. The van der Waals surface area contributed by atoms with Crippen LogP contribution in [0.15, 0.2) is 57.4 Å². The van der Waals surface area contributed by atoms with Crippen LogP contribution >= 0.6 is 11.3 Å². The highest BCUT2D eigenvalue weighted by Gasteiger charge is 2.24. The molecule has 1 aromatic carbocycles. The van der Waals surface area contributed by atoms with E-state index in [-0.39, 0.29) is 36.9 Å². The molecule has 30 heavy (non-hydrogen) atoms. The molecule has 0 radical (unpaired) electrons. The first-order valence-electron chi connectivity index (χ1n) is 9.49. The van der Waals surface area contributed by atoms with Crippen LogP contribution < -0.4 is 21.9 Å². The van der Waals surface area contributed by atoms with Crippen LogP contribution in [0.1, 0.15) is 16.9 Å². The lowest BCUT2D eigenvalue weighted by atomic mass is 10.2. The van der Waals surface area contributed by atoms with Gasteiger partial charge in [0.25, 0.3) is 5.56 Å². The largest absolute Gasteiger partial charge is 0.385 e. The maximum atomic E-state index is 13.1. The van der Waals surface area contributed by atoms with Crippen LogP contribution in [0.4, 0.5) is 11.5 Å². The molecule has 0 atom stereocenters. The van der Waals surface area contributed by atoms with Gasteiger partial charge in [-0.1, -0.05) is 36.4 Å². The molecule has 158 valence electrons. The van der Waals surface area contributed by atoms with Crippen molar-refractivity contribution in [1.29, 1.82) is 0 Å². The molecule has 0 aliphatic heterocycles. The van der Waals surface area contributed by atoms with Crippen LogP contribution in [-0.4, -0.2) is 35.7 Å². The van der Waals surface area contributed by atoms with Crippen molar-refractivity contribution in [1.82, 2.24) is 9.55 Å². The smallest absolute Gasteiger partial charge is 0.330 e. The molecule has 0 bridgehead atoms. The minimum absolute atomic E-state index is 0.0109. The third kappa shape index (κ3) is 5.05. The van der Waals surface area contributed by atoms with Crippen molar-refractivity contribution in [3.8, 4) is 0 Å². The van der Waals surface area contributed by atoms with E-state index in [9.17, 15) is 14.4 Å². The number of nitrogen functional groups attached to an aromatic ring is 1. The summed E-state index contributed by atoms with van der Waals surface area (Å²) in [7, 11) is 1.57. The second-order valence-electron chi connectivity index (χ2n) is 6.71. The molecule has 0 aliphatic rings. The van der Waals surface area contributed by atoms with Gasteiger partial charge in [-0.25, -0.2) is 4.79 Å². The first-order valence-corrected chi connectivity index (χ1v) is 10.4. The summed E-state index contributed by atoms with van der Waals surface area (Å²) in [4.78, 5) is 42.7. The minimum Gasteiger partial charge on any atom is -0.385 e. The second-order valence-corrected chi connectivity index (χ2v) is 7.74. The number of thiophene rings is 1. The Morgan fingerprint density at radius 1 is 1.20 bits per heavy atom. The van der Waals surface area contributed by atoms with E-state index in [1.165, 1.54) is 20.8 Å². The third-order valence-electron chi connectivity index (χ3n) is 4.60. The number of methoxy groups -OCH3 is 1. The number of aromatic nitrogens is 2. The van der Waals surface area contributed by atoms with Gasteiger partial charge in [0.2, 0.25) is 5.91 Å². The molecular weight excluding hydrogens is 404 g/mol. The van der Waals surface area contributed by atoms with Gasteiger partial charge in [0.05, 0.1) is 13.0 Å². The van der Waals surface area contributed by atoms with Gasteiger partial charge < -0.3 is 15.4 Å². The fourth-order valence-electron chi connectivity index (χ4n) is 3.15. The highest BCUT2D eigenvalue weighted by molar-refractivity contribution is 7.10. The lowest BCUT2D eigenvalue weighted by molar-refractivity contribution is -0.118. The number of carbonyl (C=O) groups is 1. The molecule has 3 N–H and O–H groups in total. The quantitative estimate of drug-likeness (QED) is 0.505. The number of anilines is 2. The predicted molar refractivity (Wildman–Crippen MR) is 118 cm³/mol. The van der Waals surface area contributed by atoms with Gasteiger partial charge in [-0.3, -0.25) is 19.1 Å². The standard InChI is InChI=1S/C21H24N4O4S/c1-29-11-6-10-24(17(26)13-16-9-5-12-30-16)18-19(22)25(21(28)23-20(18)27)14-15-7-3-2-4-8-15/h2-5,7-9,12H,6,10-11,13-14,22H2,1H3,(H,23,27,28). The number of nitrogens with zero attached hydrogens (tertiary/aromatic N) is 2. The summed E-state index contributed by atoms with van der Waals surface area (Å²) in [6.45, 7) is 0.847. The number of ether oxygens (including phenoxy) is 1. The molecule has 0 fully saturated rings. The minimum atomic E-state index is -0.682. The van der Waals surface area contributed by atoms with E-state index in [0.717, 1.165) is 10.4 Å². The van der Waals surface area contributed by atoms with E-state index >= 15 is 0 Å². The molecule has 3 rings (SSSR count). The Kier molecular flexibility index (Phi) is 7.21. The van der Waals surface area contributed by atoms with Crippen LogP contribution in [0.2, 0.25) is 0 Å². The van der Waals surface area contributed by atoms with Gasteiger partial charge in [0.15, 0.2) is 5.69 Å². The number of nitrogens with two attached hydrogens (primary N) is 1. The number of hydrogen-bond donors (Lipinski definition) is 2. The highest BCUT2D eigenvalue weighted by atomic mass is 32.1. The number of benzene rings is 1. The zero-order chi connectivity index (χ0) is 21.5. The van der Waals surface area contributed by atoms with Crippen molar-refractivity contribution in [2.24, 2.45) is 0 Å². The fourth-order valence-corrected chi connectivity index (χ4v) is 3.84. The van der Waals surface area contributed by atoms with E-state index < -0.39 is 11.2 Å². The Hall–Kier alpha value is -3.17. The summed E-state index contributed by atoms with van der Waals surface area (Å²) in [5.41, 5.74) is 5.81. The monoisotopic (exact) mass is 428 g/mol. The SMILES string of the molecule is COCCCN(C(=O)Cc1cccs1)c1c(N)n(Cc2ccccc2)c(=O)[nH]c1=O. The number of rotatable bonds is 9. The maximum absolute atomic E-state index is 13.1. The first kappa shape index (κ1) is 21.5. The number of hydrogen-bond acceptors (Lipinski definition) is 6. The normalized spacial score (nSPS) is 10.8. The van der Waals surface area contributed by atoms with Gasteiger partial charge in [0, 0.05) is 25.1 Å². The van der Waals surface area contributed by atoms with E-state index in [1.54, 1.807) is 7.11 Å². The Morgan fingerprint density at radius 3 is 2.63 bits per heavy atom. The molecule has 3 aromatic rings.